The highest BCUT2D eigenvalue weighted by Gasteiger charge is 2.35. The largest absolute Gasteiger partial charge is 0.495 e. The van der Waals surface area contributed by atoms with E-state index in [2.05, 4.69) is 77.6 Å². The molecule has 30 heavy (non-hydrogen) atoms. The molecule has 4 rings (SSSR count). The third-order valence-electron chi connectivity index (χ3n) is 5.92. The fourth-order valence-electron chi connectivity index (χ4n) is 4.30. The van der Waals surface area contributed by atoms with Crippen molar-refractivity contribution in [2.24, 2.45) is 0 Å². The summed E-state index contributed by atoms with van der Waals surface area (Å²) in [5.41, 5.74) is 3.69. The predicted octanol–water partition coefficient (Wildman–Crippen LogP) is 2.07. The number of para-hydroxylation sites is 2. The Hall–Kier alpha value is -2.93. The lowest BCUT2D eigenvalue weighted by atomic mass is 10.0. The molecule has 1 fully saturated rings. The molecular weight excluding hydrogens is 376 g/mol. The van der Waals surface area contributed by atoms with Crippen LogP contribution in [-0.4, -0.2) is 53.5 Å². The minimum absolute atomic E-state index is 0.114. The number of anilines is 1. The number of quaternary nitrogens is 1. The van der Waals surface area contributed by atoms with E-state index in [0.717, 1.165) is 43.4 Å². The van der Waals surface area contributed by atoms with E-state index in [-0.39, 0.29) is 12.1 Å². The highest BCUT2D eigenvalue weighted by molar-refractivity contribution is 5.58. The summed E-state index contributed by atoms with van der Waals surface area (Å²) in [6.07, 6.45) is 0. The summed E-state index contributed by atoms with van der Waals surface area (Å²) in [6.45, 7) is 10.3. The number of hydrogen-bond donors (Lipinski definition) is 1. The SMILES string of the molecule is COc1ccccc1N1CC[NH+]([C@H](c2ccc(C)cc2)c2nnnn2C(C)C)CC1. The van der Waals surface area contributed by atoms with Crippen molar-refractivity contribution in [1.82, 2.24) is 20.2 Å². The molecule has 1 saturated heterocycles. The van der Waals surface area contributed by atoms with Crippen molar-refractivity contribution in [2.45, 2.75) is 32.9 Å². The minimum Gasteiger partial charge on any atom is -0.495 e. The van der Waals surface area contributed by atoms with Gasteiger partial charge in [-0.1, -0.05) is 42.0 Å². The molecule has 7 nitrogen and oxygen atoms in total. The number of hydrogen-bond acceptors (Lipinski definition) is 5. The lowest BCUT2D eigenvalue weighted by Gasteiger charge is -2.37. The fraction of sp³-hybridized carbons (Fsp3) is 0.435. The zero-order valence-electron chi connectivity index (χ0n) is 18.2. The van der Waals surface area contributed by atoms with Crippen molar-refractivity contribution < 1.29 is 9.64 Å². The average molecular weight is 408 g/mol. The first-order chi connectivity index (χ1) is 14.6. The molecule has 1 aromatic heterocycles. The second kappa shape index (κ2) is 8.83. The van der Waals surface area contributed by atoms with Crippen LogP contribution in [0.4, 0.5) is 5.69 Å². The molecule has 1 aliphatic heterocycles. The van der Waals surface area contributed by atoms with Crippen LogP contribution in [-0.2, 0) is 0 Å². The van der Waals surface area contributed by atoms with Gasteiger partial charge in [-0.15, -0.1) is 5.10 Å². The van der Waals surface area contributed by atoms with E-state index in [9.17, 15) is 0 Å². The van der Waals surface area contributed by atoms with Gasteiger partial charge in [0.1, 0.15) is 5.75 Å². The molecule has 1 atom stereocenters. The van der Waals surface area contributed by atoms with Crippen LogP contribution in [0.1, 0.15) is 42.9 Å². The molecule has 1 N–H and O–H groups in total. The molecule has 7 heteroatoms. The van der Waals surface area contributed by atoms with E-state index in [0.29, 0.717) is 0 Å². The van der Waals surface area contributed by atoms with Crippen molar-refractivity contribution in [3.8, 4) is 5.75 Å². The van der Waals surface area contributed by atoms with Crippen molar-refractivity contribution in [2.75, 3.05) is 38.2 Å². The Morgan fingerprint density at radius 1 is 1.00 bits per heavy atom. The highest BCUT2D eigenvalue weighted by Crippen LogP contribution is 2.28. The number of aryl methyl sites for hydroxylation is 1. The van der Waals surface area contributed by atoms with E-state index in [1.54, 1.807) is 7.11 Å². The van der Waals surface area contributed by atoms with Crippen LogP contribution >= 0.6 is 0 Å². The van der Waals surface area contributed by atoms with E-state index in [4.69, 9.17) is 4.74 Å². The summed E-state index contributed by atoms with van der Waals surface area (Å²) < 4.78 is 7.54. The van der Waals surface area contributed by atoms with Crippen molar-refractivity contribution in [3.63, 3.8) is 0 Å². The molecule has 0 spiro atoms. The summed E-state index contributed by atoms with van der Waals surface area (Å²) in [4.78, 5) is 3.90. The van der Waals surface area contributed by atoms with Gasteiger partial charge < -0.3 is 14.5 Å². The van der Waals surface area contributed by atoms with Crippen LogP contribution in [0.25, 0.3) is 0 Å². The van der Waals surface area contributed by atoms with Gasteiger partial charge in [0.05, 0.1) is 45.0 Å². The van der Waals surface area contributed by atoms with Gasteiger partial charge in [0.25, 0.3) is 0 Å². The number of aromatic nitrogens is 4. The number of nitrogens with zero attached hydrogens (tertiary/aromatic N) is 5. The zero-order chi connectivity index (χ0) is 21.1. The monoisotopic (exact) mass is 407 g/mol. The Kier molecular flexibility index (Phi) is 5.99. The number of benzene rings is 2. The first-order valence-corrected chi connectivity index (χ1v) is 10.7. The molecule has 0 unspecified atom stereocenters. The Labute approximate surface area is 178 Å². The topological polar surface area (TPSA) is 60.5 Å². The lowest BCUT2D eigenvalue weighted by Crippen LogP contribution is -3.15. The fourth-order valence-corrected chi connectivity index (χ4v) is 4.30. The molecule has 3 aromatic rings. The van der Waals surface area contributed by atoms with Crippen LogP contribution < -0.4 is 14.5 Å². The van der Waals surface area contributed by atoms with Crippen molar-refractivity contribution >= 4 is 5.69 Å². The van der Waals surface area contributed by atoms with Crippen molar-refractivity contribution in [1.29, 1.82) is 0 Å². The van der Waals surface area contributed by atoms with Crippen molar-refractivity contribution in [3.05, 3.63) is 65.5 Å². The Morgan fingerprint density at radius 2 is 1.70 bits per heavy atom. The molecule has 0 amide bonds. The van der Waals surface area contributed by atoms with Gasteiger partial charge in [-0.2, -0.15) is 0 Å². The summed E-state index contributed by atoms with van der Waals surface area (Å²) in [7, 11) is 1.74. The lowest BCUT2D eigenvalue weighted by molar-refractivity contribution is -0.927. The van der Waals surface area contributed by atoms with Crippen LogP contribution in [0.3, 0.4) is 0 Å². The van der Waals surface area contributed by atoms with Gasteiger partial charge in [0.15, 0.2) is 6.04 Å². The van der Waals surface area contributed by atoms with Crippen LogP contribution in [0, 0.1) is 6.92 Å². The normalized spacial score (nSPS) is 16.1. The molecule has 1 aliphatic rings. The van der Waals surface area contributed by atoms with E-state index in [1.165, 1.54) is 16.0 Å². The number of tetrazole rings is 1. The van der Waals surface area contributed by atoms with Crippen LogP contribution in [0.15, 0.2) is 48.5 Å². The minimum atomic E-state index is 0.114. The number of methoxy groups -OCH3 is 1. The first-order valence-electron chi connectivity index (χ1n) is 10.7. The predicted molar refractivity (Wildman–Crippen MR) is 117 cm³/mol. The standard InChI is InChI=1S/C23H30N6O/c1-17(2)29-23(24-25-26-29)22(19-11-9-18(3)10-12-19)28-15-13-27(14-16-28)20-7-5-6-8-21(20)30-4/h5-12,17,22H,13-16H2,1-4H3/p+1/t22-/m1/s1. The quantitative estimate of drug-likeness (QED) is 0.678. The smallest absolute Gasteiger partial charge is 0.214 e. The molecule has 0 bridgehead atoms. The number of nitrogens with one attached hydrogen (secondary N) is 1. The van der Waals surface area contributed by atoms with Gasteiger partial charge in [-0.05, 0) is 43.3 Å². The number of piperazine rings is 1. The van der Waals surface area contributed by atoms with E-state index < -0.39 is 0 Å². The molecular formula is C23H31N6O+. The first kappa shape index (κ1) is 20.3. The molecule has 0 aliphatic carbocycles. The zero-order valence-corrected chi connectivity index (χ0v) is 18.2. The maximum absolute atomic E-state index is 5.58. The van der Waals surface area contributed by atoms with Gasteiger partial charge in [0, 0.05) is 5.56 Å². The van der Waals surface area contributed by atoms with E-state index in [1.807, 2.05) is 16.8 Å². The van der Waals surface area contributed by atoms with Gasteiger partial charge >= 0.3 is 0 Å². The number of ether oxygens (including phenoxy) is 1. The highest BCUT2D eigenvalue weighted by atomic mass is 16.5. The Balaban J connectivity index is 1.61. The third kappa shape index (κ3) is 4.03. The molecule has 158 valence electrons. The van der Waals surface area contributed by atoms with Crippen LogP contribution in [0.2, 0.25) is 0 Å². The van der Waals surface area contributed by atoms with Gasteiger partial charge in [0.2, 0.25) is 5.82 Å². The summed E-state index contributed by atoms with van der Waals surface area (Å²) in [5, 5.41) is 12.7. The molecule has 0 radical (unpaired) electrons. The maximum atomic E-state index is 5.58. The third-order valence-corrected chi connectivity index (χ3v) is 5.92. The average Bonchev–Trinajstić information content (AvgIpc) is 3.25. The molecule has 0 saturated carbocycles. The summed E-state index contributed by atoms with van der Waals surface area (Å²) in [5.74, 6) is 1.87. The summed E-state index contributed by atoms with van der Waals surface area (Å²) in [6, 6.07) is 17.4. The van der Waals surface area contributed by atoms with Crippen LogP contribution in [0.5, 0.6) is 5.75 Å². The second-order valence-corrected chi connectivity index (χ2v) is 8.24. The molecule has 2 heterocycles. The molecule has 2 aromatic carbocycles. The number of rotatable bonds is 6. The van der Waals surface area contributed by atoms with Gasteiger partial charge in [-0.3, -0.25) is 0 Å². The second-order valence-electron chi connectivity index (χ2n) is 8.24. The maximum Gasteiger partial charge on any atom is 0.214 e. The summed E-state index contributed by atoms with van der Waals surface area (Å²) >= 11 is 0. The van der Waals surface area contributed by atoms with Gasteiger partial charge in [-0.25, -0.2) is 4.68 Å². The Bertz CT molecular complexity index is 960. The Morgan fingerprint density at radius 3 is 2.37 bits per heavy atom. The van der Waals surface area contributed by atoms with E-state index >= 15 is 0 Å².